The van der Waals surface area contributed by atoms with E-state index in [0.29, 0.717) is 22.5 Å². The molecule has 0 bridgehead atoms. The zero-order valence-corrected chi connectivity index (χ0v) is 12.5. The lowest BCUT2D eigenvalue weighted by Crippen LogP contribution is -2.24. The van der Waals surface area contributed by atoms with Crippen molar-refractivity contribution in [2.24, 2.45) is 7.05 Å². The van der Waals surface area contributed by atoms with Crippen molar-refractivity contribution in [3.8, 4) is 0 Å². The van der Waals surface area contributed by atoms with Gasteiger partial charge in [-0.05, 0) is 31.5 Å². The Labute approximate surface area is 125 Å². The number of carbonyl (C=O) groups is 1. The van der Waals surface area contributed by atoms with Crippen LogP contribution in [-0.2, 0) is 19.8 Å². The molecule has 0 saturated carbocycles. The van der Waals surface area contributed by atoms with Crippen molar-refractivity contribution in [3.63, 3.8) is 0 Å². The third-order valence-electron chi connectivity index (χ3n) is 3.44. The predicted molar refractivity (Wildman–Crippen MR) is 75.3 cm³/mol. The summed E-state index contributed by atoms with van der Waals surface area (Å²) in [7, 11) is 1.73. The van der Waals surface area contributed by atoms with Crippen LogP contribution >= 0.6 is 0 Å². The molecule has 0 spiro atoms. The van der Waals surface area contributed by atoms with E-state index in [0.717, 1.165) is 12.1 Å². The molecule has 0 aliphatic rings. The number of hydrogen-bond donors (Lipinski definition) is 1. The van der Waals surface area contributed by atoms with E-state index in [1.807, 2.05) is 0 Å². The van der Waals surface area contributed by atoms with Gasteiger partial charge in [0.05, 0.1) is 16.8 Å². The largest absolute Gasteiger partial charge is 0.416 e. The Morgan fingerprint density at radius 2 is 2.00 bits per heavy atom. The molecule has 0 fully saturated rings. The molecule has 22 heavy (non-hydrogen) atoms. The van der Waals surface area contributed by atoms with Crippen LogP contribution in [0.3, 0.4) is 0 Å². The molecule has 1 aromatic carbocycles. The minimum atomic E-state index is -4.39. The van der Waals surface area contributed by atoms with E-state index in [2.05, 4.69) is 10.4 Å². The van der Waals surface area contributed by atoms with Crippen LogP contribution in [0.1, 0.15) is 32.9 Å². The monoisotopic (exact) mass is 311 g/mol. The first kappa shape index (κ1) is 16.1. The van der Waals surface area contributed by atoms with Crippen LogP contribution in [0.4, 0.5) is 13.2 Å². The second kappa shape index (κ2) is 5.82. The molecule has 1 N–H and O–H groups in total. The van der Waals surface area contributed by atoms with Crippen molar-refractivity contribution in [2.75, 3.05) is 0 Å². The fourth-order valence-corrected chi connectivity index (χ4v) is 2.23. The fourth-order valence-electron chi connectivity index (χ4n) is 2.23. The maximum Gasteiger partial charge on any atom is 0.416 e. The number of nitrogens with one attached hydrogen (secondary N) is 1. The Kier molecular flexibility index (Phi) is 4.25. The summed E-state index contributed by atoms with van der Waals surface area (Å²) in [4.78, 5) is 12.2. The molecular formula is C15H16F3N3O. The summed E-state index contributed by atoms with van der Waals surface area (Å²) >= 11 is 0. The highest BCUT2D eigenvalue weighted by molar-refractivity contribution is 5.96. The number of aromatic nitrogens is 2. The SMILES string of the molecule is Cc1nn(C)c(C)c1C(=O)NCc1cccc(C(F)(F)F)c1. The van der Waals surface area contributed by atoms with Crippen LogP contribution < -0.4 is 5.32 Å². The number of amides is 1. The highest BCUT2D eigenvalue weighted by atomic mass is 19.4. The van der Waals surface area contributed by atoms with Gasteiger partial charge in [0.2, 0.25) is 0 Å². The van der Waals surface area contributed by atoms with Crippen molar-refractivity contribution >= 4 is 5.91 Å². The minimum absolute atomic E-state index is 0.0243. The quantitative estimate of drug-likeness (QED) is 0.947. The molecule has 0 saturated heterocycles. The minimum Gasteiger partial charge on any atom is -0.348 e. The van der Waals surface area contributed by atoms with Crippen molar-refractivity contribution < 1.29 is 18.0 Å². The van der Waals surface area contributed by atoms with Gasteiger partial charge in [-0.1, -0.05) is 12.1 Å². The first-order valence-corrected chi connectivity index (χ1v) is 6.64. The average Bonchev–Trinajstić information content (AvgIpc) is 2.69. The van der Waals surface area contributed by atoms with Crippen molar-refractivity contribution in [2.45, 2.75) is 26.6 Å². The molecule has 1 heterocycles. The summed E-state index contributed by atoms with van der Waals surface area (Å²) in [5.74, 6) is -0.347. The zero-order valence-electron chi connectivity index (χ0n) is 12.5. The summed E-state index contributed by atoms with van der Waals surface area (Å²) in [6.45, 7) is 3.50. The first-order chi connectivity index (χ1) is 10.2. The molecule has 4 nitrogen and oxygen atoms in total. The van der Waals surface area contributed by atoms with Crippen LogP contribution in [0.15, 0.2) is 24.3 Å². The van der Waals surface area contributed by atoms with E-state index in [1.165, 1.54) is 6.07 Å². The van der Waals surface area contributed by atoms with Gasteiger partial charge < -0.3 is 5.32 Å². The van der Waals surface area contributed by atoms with Crippen LogP contribution in [0.25, 0.3) is 0 Å². The number of nitrogens with zero attached hydrogens (tertiary/aromatic N) is 2. The summed E-state index contributed by atoms with van der Waals surface area (Å²) in [5.41, 5.74) is 1.41. The molecule has 0 aliphatic heterocycles. The fraction of sp³-hybridized carbons (Fsp3) is 0.333. The lowest BCUT2D eigenvalue weighted by Gasteiger charge is -2.10. The summed E-state index contributed by atoms with van der Waals surface area (Å²) < 4.78 is 39.5. The third kappa shape index (κ3) is 3.29. The molecule has 1 amide bonds. The molecule has 0 aliphatic carbocycles. The number of benzene rings is 1. The van der Waals surface area contributed by atoms with Crippen molar-refractivity contribution in [1.29, 1.82) is 0 Å². The molecule has 0 radical (unpaired) electrons. The van der Waals surface area contributed by atoms with Crippen LogP contribution in [-0.4, -0.2) is 15.7 Å². The number of alkyl halides is 3. The second-order valence-corrected chi connectivity index (χ2v) is 5.05. The molecule has 0 unspecified atom stereocenters. The smallest absolute Gasteiger partial charge is 0.348 e. The molecule has 0 atom stereocenters. The van der Waals surface area contributed by atoms with E-state index in [-0.39, 0.29) is 12.5 Å². The van der Waals surface area contributed by atoms with E-state index >= 15 is 0 Å². The van der Waals surface area contributed by atoms with Crippen LogP contribution in [0, 0.1) is 13.8 Å². The molecule has 1 aromatic heterocycles. The van der Waals surface area contributed by atoms with Gasteiger partial charge in [0.1, 0.15) is 0 Å². The number of carbonyl (C=O) groups excluding carboxylic acids is 1. The molecule has 118 valence electrons. The van der Waals surface area contributed by atoms with Gasteiger partial charge in [-0.3, -0.25) is 9.48 Å². The predicted octanol–water partition coefficient (Wildman–Crippen LogP) is 2.99. The van der Waals surface area contributed by atoms with Gasteiger partial charge in [-0.2, -0.15) is 18.3 Å². The van der Waals surface area contributed by atoms with Crippen LogP contribution in [0.5, 0.6) is 0 Å². The summed E-state index contributed by atoms with van der Waals surface area (Å²) in [6.07, 6.45) is -4.39. The maximum atomic E-state index is 12.6. The Morgan fingerprint density at radius 3 is 2.55 bits per heavy atom. The van der Waals surface area contributed by atoms with Gasteiger partial charge in [0.25, 0.3) is 5.91 Å². The Balaban J connectivity index is 2.12. The molecule has 2 rings (SSSR count). The van der Waals surface area contributed by atoms with E-state index < -0.39 is 11.7 Å². The Bertz CT molecular complexity index is 705. The lowest BCUT2D eigenvalue weighted by atomic mass is 10.1. The zero-order chi connectivity index (χ0) is 16.5. The van der Waals surface area contributed by atoms with Crippen molar-refractivity contribution in [3.05, 3.63) is 52.3 Å². The van der Waals surface area contributed by atoms with E-state index in [1.54, 1.807) is 31.6 Å². The number of hydrogen-bond acceptors (Lipinski definition) is 2. The molecule has 7 heteroatoms. The Morgan fingerprint density at radius 1 is 1.32 bits per heavy atom. The van der Waals surface area contributed by atoms with Gasteiger partial charge in [0, 0.05) is 19.3 Å². The summed E-state index contributed by atoms with van der Waals surface area (Å²) in [6, 6.07) is 4.90. The van der Waals surface area contributed by atoms with Gasteiger partial charge in [0.15, 0.2) is 0 Å². The topological polar surface area (TPSA) is 46.9 Å². The van der Waals surface area contributed by atoms with E-state index in [4.69, 9.17) is 0 Å². The third-order valence-corrected chi connectivity index (χ3v) is 3.44. The molecular weight excluding hydrogens is 295 g/mol. The maximum absolute atomic E-state index is 12.6. The highest BCUT2D eigenvalue weighted by Gasteiger charge is 2.30. The lowest BCUT2D eigenvalue weighted by molar-refractivity contribution is -0.137. The number of halogens is 3. The van der Waals surface area contributed by atoms with Crippen molar-refractivity contribution in [1.82, 2.24) is 15.1 Å². The average molecular weight is 311 g/mol. The van der Waals surface area contributed by atoms with E-state index in [9.17, 15) is 18.0 Å². The first-order valence-electron chi connectivity index (χ1n) is 6.64. The summed E-state index contributed by atoms with van der Waals surface area (Å²) in [5, 5.41) is 6.77. The molecule has 2 aromatic rings. The standard InChI is InChI=1S/C15H16F3N3O/c1-9-13(10(2)21(3)20-9)14(22)19-8-11-5-4-6-12(7-11)15(16,17)18/h4-7H,8H2,1-3H3,(H,19,22). The Hall–Kier alpha value is -2.31. The number of aryl methyl sites for hydroxylation is 2. The van der Waals surface area contributed by atoms with Gasteiger partial charge in [-0.25, -0.2) is 0 Å². The highest BCUT2D eigenvalue weighted by Crippen LogP contribution is 2.29. The van der Waals surface area contributed by atoms with Crippen LogP contribution in [0.2, 0.25) is 0 Å². The second-order valence-electron chi connectivity index (χ2n) is 5.05. The van der Waals surface area contributed by atoms with Gasteiger partial charge >= 0.3 is 6.18 Å². The van der Waals surface area contributed by atoms with Gasteiger partial charge in [-0.15, -0.1) is 0 Å². The normalized spacial score (nSPS) is 11.5. The number of rotatable bonds is 3.